The lowest BCUT2D eigenvalue weighted by atomic mass is 9.80. The second kappa shape index (κ2) is 19.6. The summed E-state index contributed by atoms with van der Waals surface area (Å²) in [6.07, 6.45) is 17.1. The molecule has 3 nitrogen and oxygen atoms in total. The fourth-order valence-corrected chi connectivity index (χ4v) is 5.83. The molecule has 0 saturated heterocycles. The van der Waals surface area contributed by atoms with Crippen molar-refractivity contribution in [3.05, 3.63) is 108 Å². The Bertz CT molecular complexity index is 924. The molecule has 0 aromatic heterocycles. The van der Waals surface area contributed by atoms with E-state index in [1.807, 2.05) is 54.6 Å². The first-order chi connectivity index (χ1) is 20.2. The summed E-state index contributed by atoms with van der Waals surface area (Å²) in [7, 11) is 0. The zero-order valence-corrected chi connectivity index (χ0v) is 25.4. The average molecular weight is 559 g/mol. The topological polar surface area (TPSA) is 49.7 Å². The second-order valence-electron chi connectivity index (χ2n) is 11.6. The molecule has 3 aromatic rings. The van der Waals surface area contributed by atoms with Gasteiger partial charge in [0, 0.05) is 0 Å². The molecule has 41 heavy (non-hydrogen) atoms. The summed E-state index contributed by atoms with van der Waals surface area (Å²) in [6.45, 7) is 2.31. The number of hydrogen-bond acceptors (Lipinski definition) is 3. The molecule has 0 aliphatic heterocycles. The van der Waals surface area contributed by atoms with Crippen LogP contribution in [-0.2, 0) is 10.3 Å². The highest BCUT2D eigenvalue weighted by molar-refractivity contribution is 5.47. The number of ether oxygens (including phenoxy) is 1. The molecule has 0 bridgehead atoms. The monoisotopic (exact) mass is 558 g/mol. The molecular formula is C38H54O3. The highest BCUT2D eigenvalue weighted by Crippen LogP contribution is 2.40. The highest BCUT2D eigenvalue weighted by Gasteiger charge is 2.38. The lowest BCUT2D eigenvalue weighted by Crippen LogP contribution is -2.39. The maximum atomic E-state index is 11.0. The summed E-state index contributed by atoms with van der Waals surface area (Å²) >= 11 is 0. The van der Waals surface area contributed by atoms with Gasteiger partial charge >= 0.3 is 0 Å². The van der Waals surface area contributed by atoms with Crippen LogP contribution in [0.25, 0.3) is 0 Å². The lowest BCUT2D eigenvalue weighted by Gasteiger charge is -2.37. The third-order valence-corrected chi connectivity index (χ3v) is 8.31. The molecule has 0 heterocycles. The first-order valence-corrected chi connectivity index (χ1v) is 16.3. The first kappa shape index (κ1) is 33.0. The summed E-state index contributed by atoms with van der Waals surface area (Å²) in [6, 6.07) is 30.5. The Morgan fingerprint density at radius 2 is 0.829 bits per heavy atom. The third kappa shape index (κ3) is 11.0. The van der Waals surface area contributed by atoms with E-state index < -0.39 is 17.8 Å². The van der Waals surface area contributed by atoms with Gasteiger partial charge in [-0.25, -0.2) is 0 Å². The van der Waals surface area contributed by atoms with Crippen molar-refractivity contribution in [2.45, 2.75) is 121 Å². The van der Waals surface area contributed by atoms with E-state index in [1.165, 1.54) is 77.0 Å². The minimum Gasteiger partial charge on any atom is -0.390 e. The van der Waals surface area contributed by atoms with Crippen molar-refractivity contribution >= 4 is 0 Å². The van der Waals surface area contributed by atoms with Crippen LogP contribution in [-0.4, -0.2) is 29.0 Å². The molecule has 2 atom stereocenters. The molecule has 0 saturated carbocycles. The molecule has 0 aliphatic carbocycles. The summed E-state index contributed by atoms with van der Waals surface area (Å²) in [5, 5.41) is 21.7. The van der Waals surface area contributed by atoms with Gasteiger partial charge in [-0.15, -0.1) is 0 Å². The lowest BCUT2D eigenvalue weighted by molar-refractivity contribution is -0.0802. The van der Waals surface area contributed by atoms with Crippen molar-refractivity contribution in [3.63, 3.8) is 0 Å². The van der Waals surface area contributed by atoms with Gasteiger partial charge in [-0.1, -0.05) is 188 Å². The van der Waals surface area contributed by atoms with Crippen molar-refractivity contribution in [3.8, 4) is 0 Å². The largest absolute Gasteiger partial charge is 0.390 e. The molecule has 3 heteroatoms. The normalized spacial score (nSPS) is 13.2. The van der Waals surface area contributed by atoms with Crippen molar-refractivity contribution in [2.24, 2.45) is 0 Å². The van der Waals surface area contributed by atoms with Gasteiger partial charge in [0.15, 0.2) is 0 Å². The fourth-order valence-electron chi connectivity index (χ4n) is 5.83. The molecule has 3 rings (SSSR count). The summed E-state index contributed by atoms with van der Waals surface area (Å²) in [5.74, 6) is 0. The molecule has 2 N–H and O–H groups in total. The van der Waals surface area contributed by atoms with E-state index in [-0.39, 0.29) is 6.61 Å². The minimum atomic E-state index is -0.951. The van der Waals surface area contributed by atoms with Crippen LogP contribution in [0.5, 0.6) is 0 Å². The van der Waals surface area contributed by atoms with Crippen LogP contribution < -0.4 is 0 Å². The van der Waals surface area contributed by atoms with Gasteiger partial charge in [0.2, 0.25) is 0 Å². The summed E-state index contributed by atoms with van der Waals surface area (Å²) in [4.78, 5) is 0. The molecule has 0 aliphatic rings. The molecular weight excluding hydrogens is 504 g/mol. The van der Waals surface area contributed by atoms with Crippen LogP contribution in [0.2, 0.25) is 0 Å². The molecule has 0 radical (unpaired) electrons. The number of benzene rings is 3. The number of hydrogen-bond donors (Lipinski definition) is 2. The fraction of sp³-hybridized carbons (Fsp3) is 0.526. The van der Waals surface area contributed by atoms with Gasteiger partial charge in [0.05, 0.1) is 12.7 Å². The SMILES string of the molecule is CCCCCCCCCCCCCCCCC(O)[C@H](O)COC(c1ccccc1)(c1ccccc1)c1ccccc1. The van der Waals surface area contributed by atoms with Crippen LogP contribution in [0, 0.1) is 0 Å². The Morgan fingerprint density at radius 1 is 0.488 bits per heavy atom. The van der Waals surface area contributed by atoms with E-state index in [0.717, 1.165) is 29.5 Å². The van der Waals surface area contributed by atoms with Crippen LogP contribution in [0.4, 0.5) is 0 Å². The zero-order chi connectivity index (χ0) is 29.0. The Labute approximate surface area is 250 Å². The van der Waals surface area contributed by atoms with Crippen molar-refractivity contribution in [2.75, 3.05) is 6.61 Å². The Kier molecular flexibility index (Phi) is 15.8. The Morgan fingerprint density at radius 3 is 1.20 bits per heavy atom. The van der Waals surface area contributed by atoms with Crippen LogP contribution in [0.15, 0.2) is 91.0 Å². The van der Waals surface area contributed by atoms with Gasteiger partial charge in [0.25, 0.3) is 0 Å². The summed E-state index contributed by atoms with van der Waals surface area (Å²) < 4.78 is 6.68. The van der Waals surface area contributed by atoms with E-state index in [9.17, 15) is 10.2 Å². The molecule has 3 aromatic carbocycles. The predicted octanol–water partition coefficient (Wildman–Crippen LogP) is 9.59. The van der Waals surface area contributed by atoms with Gasteiger partial charge in [-0.2, -0.15) is 0 Å². The van der Waals surface area contributed by atoms with Gasteiger partial charge < -0.3 is 14.9 Å². The van der Waals surface area contributed by atoms with Crippen LogP contribution >= 0.6 is 0 Å². The van der Waals surface area contributed by atoms with E-state index in [0.29, 0.717) is 6.42 Å². The molecule has 0 fully saturated rings. The maximum Gasteiger partial charge on any atom is 0.143 e. The zero-order valence-electron chi connectivity index (χ0n) is 25.4. The Balaban J connectivity index is 1.43. The second-order valence-corrected chi connectivity index (χ2v) is 11.6. The summed E-state index contributed by atoms with van der Waals surface area (Å²) in [5.41, 5.74) is 2.09. The average Bonchev–Trinajstić information content (AvgIpc) is 3.03. The molecule has 1 unspecified atom stereocenters. The van der Waals surface area contributed by atoms with Crippen LogP contribution in [0.1, 0.15) is 120 Å². The third-order valence-electron chi connectivity index (χ3n) is 8.31. The Hall–Kier alpha value is -2.46. The van der Waals surface area contributed by atoms with Gasteiger partial charge in [-0.3, -0.25) is 0 Å². The van der Waals surface area contributed by atoms with E-state index in [2.05, 4.69) is 43.3 Å². The highest BCUT2D eigenvalue weighted by atomic mass is 16.5. The van der Waals surface area contributed by atoms with Gasteiger partial charge in [0.1, 0.15) is 11.7 Å². The van der Waals surface area contributed by atoms with Crippen molar-refractivity contribution in [1.82, 2.24) is 0 Å². The number of aliphatic hydroxyl groups excluding tert-OH is 2. The predicted molar refractivity (Wildman–Crippen MR) is 172 cm³/mol. The number of aliphatic hydroxyl groups is 2. The van der Waals surface area contributed by atoms with E-state index in [1.54, 1.807) is 0 Å². The van der Waals surface area contributed by atoms with E-state index >= 15 is 0 Å². The quantitative estimate of drug-likeness (QED) is 0.0953. The van der Waals surface area contributed by atoms with E-state index in [4.69, 9.17) is 4.74 Å². The maximum absolute atomic E-state index is 11.0. The van der Waals surface area contributed by atoms with Crippen molar-refractivity contribution < 1.29 is 14.9 Å². The smallest absolute Gasteiger partial charge is 0.143 e. The first-order valence-electron chi connectivity index (χ1n) is 16.3. The molecule has 0 amide bonds. The minimum absolute atomic E-state index is 0.0401. The van der Waals surface area contributed by atoms with Crippen LogP contribution in [0.3, 0.4) is 0 Å². The standard InChI is InChI=1S/C38H54O3/c1-2-3-4-5-6-7-8-9-10-11-12-13-14-24-31-36(39)37(40)32-41-38(33-25-18-15-19-26-33,34-27-20-16-21-28-34)35-29-22-17-23-30-35/h15-23,25-30,36-37,39-40H,2-14,24,31-32H2,1H3/t36?,37-/m1/s1. The van der Waals surface area contributed by atoms with Gasteiger partial charge in [-0.05, 0) is 23.1 Å². The molecule has 0 spiro atoms. The van der Waals surface area contributed by atoms with Crippen molar-refractivity contribution in [1.29, 1.82) is 0 Å². The number of rotatable bonds is 22. The molecule has 224 valence electrons. The number of unbranched alkanes of at least 4 members (excludes halogenated alkanes) is 13.